The molecule has 0 aliphatic heterocycles. The molecule has 0 saturated carbocycles. The third-order valence-electron chi connectivity index (χ3n) is 3.12. The van der Waals surface area contributed by atoms with Gasteiger partial charge in [0, 0.05) is 13.2 Å². The van der Waals surface area contributed by atoms with Crippen LogP contribution >= 0.6 is 0 Å². The van der Waals surface area contributed by atoms with E-state index in [9.17, 15) is 0 Å². The highest BCUT2D eigenvalue weighted by molar-refractivity contribution is 5.05. The van der Waals surface area contributed by atoms with Gasteiger partial charge in [-0.15, -0.1) is 0 Å². The van der Waals surface area contributed by atoms with Crippen molar-refractivity contribution in [2.75, 3.05) is 20.3 Å². The molecule has 1 rings (SSSR count). The topological polar surface area (TPSA) is 21.3 Å². The van der Waals surface area contributed by atoms with Crippen molar-refractivity contribution in [1.29, 1.82) is 0 Å². The van der Waals surface area contributed by atoms with Gasteiger partial charge in [-0.05, 0) is 45.1 Å². The molecule has 0 spiro atoms. The third kappa shape index (κ3) is 5.33. The molecule has 0 aromatic rings. The Hall–Kier alpha value is -0.340. The van der Waals surface area contributed by atoms with Gasteiger partial charge >= 0.3 is 0 Å². The first-order valence-corrected chi connectivity index (χ1v) is 6.27. The van der Waals surface area contributed by atoms with Crippen LogP contribution < -0.4 is 5.32 Å². The Morgan fingerprint density at radius 2 is 2.33 bits per heavy atom. The van der Waals surface area contributed by atoms with Crippen LogP contribution in [-0.4, -0.2) is 26.3 Å². The van der Waals surface area contributed by atoms with Crippen LogP contribution in [-0.2, 0) is 4.74 Å². The molecule has 0 bridgehead atoms. The molecule has 2 nitrogen and oxygen atoms in total. The highest BCUT2D eigenvalue weighted by Crippen LogP contribution is 2.19. The third-order valence-corrected chi connectivity index (χ3v) is 3.12. The minimum atomic E-state index is 0.527. The Labute approximate surface area is 94.1 Å². The maximum absolute atomic E-state index is 5.16. The minimum Gasteiger partial charge on any atom is -0.383 e. The summed E-state index contributed by atoms with van der Waals surface area (Å²) in [7, 11) is 1.77. The SMILES string of the molecule is CCC(COC)NCCC1=CCCCC1. The van der Waals surface area contributed by atoms with Gasteiger partial charge in [-0.3, -0.25) is 0 Å². The average molecular weight is 211 g/mol. The summed E-state index contributed by atoms with van der Waals surface area (Å²) in [6, 6.07) is 0.527. The summed E-state index contributed by atoms with van der Waals surface area (Å²) in [4.78, 5) is 0. The van der Waals surface area contributed by atoms with Crippen LogP contribution in [0.5, 0.6) is 0 Å². The summed E-state index contributed by atoms with van der Waals surface area (Å²) in [6.45, 7) is 4.14. The first-order valence-electron chi connectivity index (χ1n) is 6.27. The summed E-state index contributed by atoms with van der Waals surface area (Å²) in [5.74, 6) is 0. The number of rotatable bonds is 7. The van der Waals surface area contributed by atoms with E-state index in [0.717, 1.165) is 19.6 Å². The maximum Gasteiger partial charge on any atom is 0.0615 e. The second-order valence-electron chi connectivity index (χ2n) is 4.37. The molecule has 0 aromatic carbocycles. The van der Waals surface area contributed by atoms with E-state index < -0.39 is 0 Å². The van der Waals surface area contributed by atoms with Crippen LogP contribution in [0.3, 0.4) is 0 Å². The molecule has 0 amide bonds. The molecule has 2 heteroatoms. The Morgan fingerprint density at radius 3 is 2.93 bits per heavy atom. The molecule has 1 atom stereocenters. The van der Waals surface area contributed by atoms with Crippen molar-refractivity contribution in [3.8, 4) is 0 Å². The number of hydrogen-bond acceptors (Lipinski definition) is 2. The smallest absolute Gasteiger partial charge is 0.0615 e. The molecular formula is C13H25NO. The van der Waals surface area contributed by atoms with Gasteiger partial charge in [0.05, 0.1) is 6.61 Å². The summed E-state index contributed by atoms with van der Waals surface area (Å²) in [6.07, 6.45) is 10.2. The minimum absolute atomic E-state index is 0.527. The van der Waals surface area contributed by atoms with Gasteiger partial charge in [-0.1, -0.05) is 18.6 Å². The summed E-state index contributed by atoms with van der Waals surface area (Å²) >= 11 is 0. The van der Waals surface area contributed by atoms with Gasteiger partial charge < -0.3 is 10.1 Å². The van der Waals surface area contributed by atoms with Crippen LogP contribution in [0, 0.1) is 0 Å². The summed E-state index contributed by atoms with van der Waals surface area (Å²) in [5, 5.41) is 3.55. The molecule has 1 N–H and O–H groups in total. The molecule has 0 heterocycles. The lowest BCUT2D eigenvalue weighted by Gasteiger charge is -2.17. The van der Waals surface area contributed by atoms with E-state index in [1.807, 2.05) is 0 Å². The van der Waals surface area contributed by atoms with E-state index in [4.69, 9.17) is 4.74 Å². The van der Waals surface area contributed by atoms with Crippen molar-refractivity contribution >= 4 is 0 Å². The Morgan fingerprint density at radius 1 is 1.47 bits per heavy atom. The fourth-order valence-electron chi connectivity index (χ4n) is 2.09. The van der Waals surface area contributed by atoms with Crippen molar-refractivity contribution in [3.05, 3.63) is 11.6 Å². The molecule has 1 aliphatic rings. The quantitative estimate of drug-likeness (QED) is 0.654. The maximum atomic E-state index is 5.16. The van der Waals surface area contributed by atoms with Gasteiger partial charge in [0.2, 0.25) is 0 Å². The predicted molar refractivity (Wildman–Crippen MR) is 65.1 cm³/mol. The first-order chi connectivity index (χ1) is 7.36. The van der Waals surface area contributed by atoms with Gasteiger partial charge in [0.25, 0.3) is 0 Å². The fraction of sp³-hybridized carbons (Fsp3) is 0.846. The number of ether oxygens (including phenoxy) is 1. The lowest BCUT2D eigenvalue weighted by Crippen LogP contribution is -2.33. The molecule has 1 aliphatic carbocycles. The molecular weight excluding hydrogens is 186 g/mol. The zero-order chi connectivity index (χ0) is 10.9. The molecule has 0 saturated heterocycles. The number of allylic oxidation sites excluding steroid dienone is 1. The van der Waals surface area contributed by atoms with Crippen molar-refractivity contribution < 1.29 is 4.74 Å². The van der Waals surface area contributed by atoms with Crippen LogP contribution in [0.15, 0.2) is 11.6 Å². The molecule has 0 radical (unpaired) electrons. The Kier molecular flexibility index (Phi) is 6.69. The van der Waals surface area contributed by atoms with Gasteiger partial charge in [-0.2, -0.15) is 0 Å². The Balaban J connectivity index is 2.11. The average Bonchev–Trinajstić information content (AvgIpc) is 2.29. The zero-order valence-electron chi connectivity index (χ0n) is 10.2. The van der Waals surface area contributed by atoms with E-state index in [-0.39, 0.29) is 0 Å². The number of nitrogens with one attached hydrogen (secondary N) is 1. The summed E-state index contributed by atoms with van der Waals surface area (Å²) in [5.41, 5.74) is 1.65. The lowest BCUT2D eigenvalue weighted by molar-refractivity contribution is 0.164. The van der Waals surface area contributed by atoms with Crippen molar-refractivity contribution in [2.45, 2.75) is 51.5 Å². The van der Waals surface area contributed by atoms with E-state index in [0.29, 0.717) is 6.04 Å². The monoisotopic (exact) mass is 211 g/mol. The van der Waals surface area contributed by atoms with Crippen LogP contribution in [0.4, 0.5) is 0 Å². The Bertz CT molecular complexity index is 189. The standard InChI is InChI=1S/C13H25NO/c1-3-13(11-15-2)14-10-9-12-7-5-4-6-8-12/h7,13-14H,3-6,8-11H2,1-2H3. The van der Waals surface area contributed by atoms with Crippen molar-refractivity contribution in [1.82, 2.24) is 5.32 Å². The second kappa shape index (κ2) is 7.89. The van der Waals surface area contributed by atoms with E-state index in [1.165, 1.54) is 32.1 Å². The number of methoxy groups -OCH3 is 1. The molecule has 1 unspecified atom stereocenters. The lowest BCUT2D eigenvalue weighted by atomic mass is 9.97. The van der Waals surface area contributed by atoms with Gasteiger partial charge in [0.1, 0.15) is 0 Å². The number of hydrogen-bond donors (Lipinski definition) is 1. The van der Waals surface area contributed by atoms with Crippen molar-refractivity contribution in [2.24, 2.45) is 0 Å². The predicted octanol–water partition coefficient (Wildman–Crippen LogP) is 2.89. The largest absolute Gasteiger partial charge is 0.383 e. The van der Waals surface area contributed by atoms with E-state index in [2.05, 4.69) is 18.3 Å². The van der Waals surface area contributed by atoms with Gasteiger partial charge in [0.15, 0.2) is 0 Å². The fourth-order valence-corrected chi connectivity index (χ4v) is 2.09. The molecule has 15 heavy (non-hydrogen) atoms. The van der Waals surface area contributed by atoms with Gasteiger partial charge in [-0.25, -0.2) is 0 Å². The highest BCUT2D eigenvalue weighted by atomic mass is 16.5. The van der Waals surface area contributed by atoms with Crippen LogP contribution in [0.25, 0.3) is 0 Å². The van der Waals surface area contributed by atoms with E-state index >= 15 is 0 Å². The van der Waals surface area contributed by atoms with Crippen LogP contribution in [0.2, 0.25) is 0 Å². The molecule has 88 valence electrons. The van der Waals surface area contributed by atoms with Crippen LogP contribution in [0.1, 0.15) is 45.4 Å². The highest BCUT2D eigenvalue weighted by Gasteiger charge is 2.06. The first kappa shape index (κ1) is 12.7. The second-order valence-corrected chi connectivity index (χ2v) is 4.37. The molecule has 0 fully saturated rings. The van der Waals surface area contributed by atoms with Crippen molar-refractivity contribution in [3.63, 3.8) is 0 Å². The zero-order valence-corrected chi connectivity index (χ0v) is 10.2. The summed E-state index contributed by atoms with van der Waals surface area (Å²) < 4.78 is 5.16. The van der Waals surface area contributed by atoms with E-state index in [1.54, 1.807) is 12.7 Å². The normalized spacial score (nSPS) is 18.7. The molecule has 0 aromatic heterocycles.